The Hall–Kier alpha value is -4.28. The third-order valence-corrected chi connectivity index (χ3v) is 4.03. The molecule has 0 spiro atoms. The fourth-order valence-corrected chi connectivity index (χ4v) is 2.58. The molecule has 0 aliphatic heterocycles. The van der Waals surface area contributed by atoms with Gasteiger partial charge >= 0.3 is 11.9 Å². The predicted molar refractivity (Wildman–Crippen MR) is 116 cm³/mol. The molecule has 0 bridgehead atoms. The lowest BCUT2D eigenvalue weighted by Crippen LogP contribution is -2.07. The molecule has 0 amide bonds. The van der Waals surface area contributed by atoms with Crippen molar-refractivity contribution in [3.8, 4) is 0 Å². The number of hydrogen-bond acceptors (Lipinski definition) is 9. The number of nitrogens with zero attached hydrogens (tertiary/aromatic N) is 3. The Labute approximate surface area is 184 Å². The quantitative estimate of drug-likeness (QED) is 0.370. The van der Waals surface area contributed by atoms with E-state index in [1.165, 1.54) is 26.4 Å². The monoisotopic (exact) mass is 445 g/mol. The molecule has 2 aromatic rings. The maximum Gasteiger partial charge on any atom is 0.344 e. The Bertz CT molecular complexity index is 1050. The molecule has 170 valence electrons. The molecule has 0 aliphatic carbocycles. The normalized spacial score (nSPS) is 10.0. The minimum atomic E-state index is -0.721. The summed E-state index contributed by atoms with van der Waals surface area (Å²) in [6, 6.07) is 9.05. The first kappa shape index (κ1) is 25.8. The molecule has 0 radical (unpaired) electrons. The molecule has 2 aromatic carbocycles. The molecular formula is C21H23N3O8. The van der Waals surface area contributed by atoms with E-state index in [1.807, 2.05) is 0 Å². The van der Waals surface area contributed by atoms with Gasteiger partial charge in [-0.15, -0.1) is 0 Å². The van der Waals surface area contributed by atoms with Gasteiger partial charge in [0.05, 0.1) is 29.6 Å². The lowest BCUT2D eigenvalue weighted by Gasteiger charge is -2.06. The van der Waals surface area contributed by atoms with Crippen LogP contribution in [-0.4, -0.2) is 55.0 Å². The summed E-state index contributed by atoms with van der Waals surface area (Å²) in [4.78, 5) is 44.9. The van der Waals surface area contributed by atoms with Crippen molar-refractivity contribution in [2.24, 2.45) is 0 Å². The minimum absolute atomic E-state index is 0.0162. The molecule has 11 nitrogen and oxygen atoms in total. The van der Waals surface area contributed by atoms with Crippen LogP contribution in [0.3, 0.4) is 0 Å². The zero-order valence-electron chi connectivity index (χ0n) is 18.2. The maximum absolute atomic E-state index is 11.5. The van der Waals surface area contributed by atoms with Crippen LogP contribution in [0.2, 0.25) is 0 Å². The van der Waals surface area contributed by atoms with Crippen LogP contribution in [0.15, 0.2) is 42.6 Å². The Balaban J connectivity index is 0.000000330. The number of methoxy groups -OCH3 is 2. The molecule has 0 heterocycles. The number of nitro groups is 2. The summed E-state index contributed by atoms with van der Waals surface area (Å²) < 4.78 is 8.97. The number of benzene rings is 2. The molecule has 0 saturated carbocycles. The van der Waals surface area contributed by atoms with Gasteiger partial charge in [-0.05, 0) is 37.4 Å². The van der Waals surface area contributed by atoms with Crippen molar-refractivity contribution in [2.75, 3.05) is 28.3 Å². The molecule has 11 heteroatoms. The van der Waals surface area contributed by atoms with Gasteiger partial charge in [-0.3, -0.25) is 20.2 Å². The number of carbonyl (C=O) groups is 2. The molecule has 0 fully saturated rings. The van der Waals surface area contributed by atoms with Gasteiger partial charge in [0.2, 0.25) is 0 Å². The van der Waals surface area contributed by atoms with Gasteiger partial charge in [0.15, 0.2) is 0 Å². The van der Waals surface area contributed by atoms with Crippen molar-refractivity contribution < 1.29 is 28.9 Å². The molecular weight excluding hydrogens is 422 g/mol. The summed E-state index contributed by atoms with van der Waals surface area (Å²) in [7, 11) is 5.97. The smallest absolute Gasteiger partial charge is 0.344 e. The van der Waals surface area contributed by atoms with E-state index in [-0.39, 0.29) is 22.5 Å². The lowest BCUT2D eigenvalue weighted by molar-refractivity contribution is -0.385. The highest BCUT2D eigenvalue weighted by molar-refractivity contribution is 5.95. The molecule has 32 heavy (non-hydrogen) atoms. The molecule has 0 N–H and O–H groups in total. The summed E-state index contributed by atoms with van der Waals surface area (Å²) in [6.07, 6.45) is 3.24. The average molecular weight is 445 g/mol. The molecule has 0 saturated heterocycles. The van der Waals surface area contributed by atoms with E-state index in [0.717, 1.165) is 0 Å². The number of carbonyl (C=O) groups excluding carboxylic acids is 2. The second-order valence-electron chi connectivity index (χ2n) is 6.49. The Morgan fingerprint density at radius 3 is 1.78 bits per heavy atom. The number of hydrogen-bond donors (Lipinski definition) is 0. The van der Waals surface area contributed by atoms with E-state index in [1.54, 1.807) is 62.5 Å². The first-order valence-electron chi connectivity index (χ1n) is 9.07. The predicted octanol–water partition coefficient (Wildman–Crippen LogP) is 3.60. The Morgan fingerprint density at radius 2 is 1.34 bits per heavy atom. The number of ether oxygens (including phenoxy) is 2. The van der Waals surface area contributed by atoms with E-state index in [2.05, 4.69) is 9.47 Å². The van der Waals surface area contributed by atoms with Crippen LogP contribution in [0.4, 0.5) is 11.4 Å². The number of nitro benzene ring substituents is 2. The number of esters is 2. The zero-order chi connectivity index (χ0) is 24.4. The summed E-state index contributed by atoms with van der Waals surface area (Å²) in [6.45, 7) is 1.57. The Kier molecular flexibility index (Phi) is 9.49. The van der Waals surface area contributed by atoms with Gasteiger partial charge in [-0.25, -0.2) is 9.59 Å². The second kappa shape index (κ2) is 11.8. The van der Waals surface area contributed by atoms with Crippen molar-refractivity contribution >= 4 is 29.4 Å². The van der Waals surface area contributed by atoms with Crippen LogP contribution in [0.1, 0.15) is 31.8 Å². The highest BCUT2D eigenvalue weighted by atomic mass is 16.6. The van der Waals surface area contributed by atoms with Crippen LogP contribution >= 0.6 is 0 Å². The highest BCUT2D eigenvalue weighted by Gasteiger charge is 2.24. The van der Waals surface area contributed by atoms with Gasteiger partial charge in [0, 0.05) is 19.7 Å². The zero-order valence-corrected chi connectivity index (χ0v) is 18.2. The van der Waals surface area contributed by atoms with Crippen LogP contribution in [0.5, 0.6) is 0 Å². The molecule has 0 unspecified atom stereocenters. The van der Waals surface area contributed by atoms with Crippen molar-refractivity contribution in [1.29, 1.82) is 0 Å². The Morgan fingerprint density at radius 1 is 0.875 bits per heavy atom. The third kappa shape index (κ3) is 6.62. The topological polar surface area (TPSA) is 142 Å². The molecule has 0 aromatic heterocycles. The van der Waals surface area contributed by atoms with Gasteiger partial charge in [-0.1, -0.05) is 18.2 Å². The van der Waals surface area contributed by atoms with Crippen molar-refractivity contribution in [1.82, 2.24) is 4.90 Å². The average Bonchev–Trinajstić information content (AvgIpc) is 2.75. The largest absolute Gasteiger partial charge is 0.465 e. The third-order valence-electron chi connectivity index (χ3n) is 4.03. The first-order chi connectivity index (χ1) is 15.0. The molecule has 0 aliphatic rings. The first-order valence-corrected chi connectivity index (χ1v) is 9.07. The lowest BCUT2D eigenvalue weighted by atomic mass is 10.1. The van der Waals surface area contributed by atoms with E-state index in [9.17, 15) is 29.8 Å². The van der Waals surface area contributed by atoms with Crippen molar-refractivity contribution in [3.63, 3.8) is 0 Å². The van der Waals surface area contributed by atoms with Crippen LogP contribution < -0.4 is 0 Å². The number of rotatable bonds is 6. The van der Waals surface area contributed by atoms with Crippen molar-refractivity contribution in [2.45, 2.75) is 6.92 Å². The van der Waals surface area contributed by atoms with Crippen LogP contribution in [-0.2, 0) is 9.47 Å². The van der Waals surface area contributed by atoms with Crippen LogP contribution in [0, 0.1) is 27.2 Å². The summed E-state index contributed by atoms with van der Waals surface area (Å²) in [5.41, 5.74) is 0.289. The van der Waals surface area contributed by atoms with Crippen LogP contribution in [0.25, 0.3) is 6.08 Å². The highest BCUT2D eigenvalue weighted by Crippen LogP contribution is 2.26. The van der Waals surface area contributed by atoms with Gasteiger partial charge in [-0.2, -0.15) is 0 Å². The fraction of sp³-hybridized carbons (Fsp3) is 0.238. The minimum Gasteiger partial charge on any atom is -0.465 e. The SMILES string of the molecule is COC(=O)c1cccc(/C=C/N(C)C)c1[N+](=O)[O-].COC(=O)c1cccc(C)c1[N+](=O)[O-]. The number of para-hydroxylation sites is 2. The second-order valence-corrected chi connectivity index (χ2v) is 6.49. The van der Waals surface area contributed by atoms with Gasteiger partial charge < -0.3 is 14.4 Å². The fourth-order valence-electron chi connectivity index (χ4n) is 2.58. The molecule has 2 rings (SSSR count). The summed E-state index contributed by atoms with van der Waals surface area (Å²) in [5, 5.41) is 21.7. The summed E-state index contributed by atoms with van der Waals surface area (Å²) >= 11 is 0. The standard InChI is InChI=1S/C12H14N2O4.C9H9NO4/c1-13(2)8-7-9-5-4-6-10(12(15)18-3)11(9)14(16)17;1-6-4-3-5-7(9(11)14-2)8(6)10(12)13/h4-8H,1-3H3;3-5H,1-2H3/b8-7+;. The van der Waals surface area contributed by atoms with Gasteiger partial charge in [0.25, 0.3) is 11.4 Å². The molecule has 0 atom stereocenters. The van der Waals surface area contributed by atoms with E-state index in [0.29, 0.717) is 11.1 Å². The van der Waals surface area contributed by atoms with Gasteiger partial charge in [0.1, 0.15) is 11.1 Å². The van der Waals surface area contributed by atoms with E-state index < -0.39 is 21.8 Å². The number of aryl methyl sites for hydroxylation is 1. The van der Waals surface area contributed by atoms with Crippen molar-refractivity contribution in [3.05, 3.63) is 85.1 Å². The van der Waals surface area contributed by atoms with E-state index >= 15 is 0 Å². The summed E-state index contributed by atoms with van der Waals surface area (Å²) in [5.74, 6) is -1.41. The van der Waals surface area contributed by atoms with E-state index in [4.69, 9.17) is 0 Å². The maximum atomic E-state index is 11.5.